The molecule has 0 radical (unpaired) electrons. The maximum Gasteiger partial charge on any atom is 0.213 e. The Morgan fingerprint density at radius 1 is 1.41 bits per heavy atom. The number of hydrogen-bond donors (Lipinski definition) is 2. The first kappa shape index (κ1) is 11.5. The van der Waals surface area contributed by atoms with Crippen molar-refractivity contribution < 1.29 is 4.52 Å². The number of para-hydroxylation sites is 1. The van der Waals surface area contributed by atoms with Crippen LogP contribution >= 0.6 is 12.2 Å². The molecule has 0 bridgehead atoms. The number of rotatable bonds is 5. The van der Waals surface area contributed by atoms with Crippen LogP contribution in [0.1, 0.15) is 11.4 Å². The van der Waals surface area contributed by atoms with Gasteiger partial charge in [-0.3, -0.25) is 0 Å². The maximum atomic E-state index is 5.63. The lowest BCUT2D eigenvalue weighted by Gasteiger charge is -2.09. The summed E-state index contributed by atoms with van der Waals surface area (Å²) in [6.07, 6.45) is 2.00. The van der Waals surface area contributed by atoms with Crippen LogP contribution in [0.15, 0.2) is 35.2 Å². The molecule has 0 atom stereocenters. The molecule has 6 heteroatoms. The quantitative estimate of drug-likeness (QED) is 0.778. The van der Waals surface area contributed by atoms with E-state index in [-0.39, 0.29) is 0 Å². The minimum absolute atomic E-state index is 0.382. The Kier molecular flexibility index (Phi) is 3.66. The van der Waals surface area contributed by atoms with Crippen LogP contribution in [0.25, 0.3) is 0 Å². The number of anilines is 1. The topological polar surface area (TPSA) is 77.0 Å². The third-order valence-electron chi connectivity index (χ3n) is 2.26. The minimum Gasteiger partial charge on any atom is -0.389 e. The van der Waals surface area contributed by atoms with Crippen molar-refractivity contribution in [3.05, 3.63) is 42.0 Å². The summed E-state index contributed by atoms with van der Waals surface area (Å²) >= 11 is 4.98. The van der Waals surface area contributed by atoms with Gasteiger partial charge in [0.05, 0.1) is 0 Å². The molecule has 0 aliphatic heterocycles. The van der Waals surface area contributed by atoms with Crippen molar-refractivity contribution in [3.8, 4) is 0 Å². The van der Waals surface area contributed by atoms with E-state index in [1.54, 1.807) is 0 Å². The van der Waals surface area contributed by atoms with Crippen LogP contribution in [0, 0.1) is 0 Å². The molecule has 3 N–H and O–H groups in total. The predicted molar refractivity (Wildman–Crippen MR) is 68.8 cm³/mol. The molecule has 5 nitrogen and oxygen atoms in total. The normalized spacial score (nSPS) is 10.1. The summed E-state index contributed by atoms with van der Waals surface area (Å²) in [4.78, 5) is 4.32. The van der Waals surface area contributed by atoms with Crippen molar-refractivity contribution in [2.24, 2.45) is 5.73 Å². The Balaban J connectivity index is 1.97. The summed E-state index contributed by atoms with van der Waals surface area (Å²) in [5.41, 5.74) is 7.40. The van der Waals surface area contributed by atoms with E-state index in [4.69, 9.17) is 18.0 Å². The zero-order chi connectivity index (χ0) is 12.1. The van der Waals surface area contributed by atoms with Gasteiger partial charge in [-0.05, 0) is 12.1 Å². The van der Waals surface area contributed by atoms with Crippen molar-refractivity contribution in [3.63, 3.8) is 0 Å². The van der Waals surface area contributed by atoms with Crippen LogP contribution in [-0.4, -0.2) is 21.7 Å². The summed E-state index contributed by atoms with van der Waals surface area (Å²) in [5.74, 6) is 0.672. The molecule has 0 fully saturated rings. The molecular weight excluding hydrogens is 236 g/mol. The second-order valence-electron chi connectivity index (χ2n) is 3.43. The Labute approximate surface area is 104 Å². The predicted octanol–water partition coefficient (Wildman–Crippen LogP) is 1.36. The molecular formula is C11H12N4OS. The van der Waals surface area contributed by atoms with Crippen LogP contribution in [0.2, 0.25) is 0 Å². The molecule has 0 saturated carbocycles. The van der Waals surface area contributed by atoms with E-state index < -0.39 is 0 Å². The van der Waals surface area contributed by atoms with Gasteiger partial charge >= 0.3 is 0 Å². The summed E-state index contributed by atoms with van der Waals surface area (Å²) in [7, 11) is 0. The van der Waals surface area contributed by atoms with Crippen molar-refractivity contribution in [2.45, 2.75) is 6.42 Å². The zero-order valence-corrected chi connectivity index (χ0v) is 9.91. The highest BCUT2D eigenvalue weighted by molar-refractivity contribution is 7.80. The highest BCUT2D eigenvalue weighted by atomic mass is 32.1. The molecule has 1 aromatic heterocycles. The average molecular weight is 248 g/mol. The van der Waals surface area contributed by atoms with Gasteiger partial charge in [-0.25, -0.2) is 0 Å². The van der Waals surface area contributed by atoms with Gasteiger partial charge in [0.1, 0.15) is 4.99 Å². The number of aromatic nitrogens is 2. The lowest BCUT2D eigenvalue weighted by molar-refractivity contribution is 0.410. The standard InChI is InChI=1S/C11H12N4OS/c12-11(17)8-3-1-2-4-9(8)13-6-5-10-14-7-16-15-10/h1-4,7,13H,5-6H2,(H2,12,17). The van der Waals surface area contributed by atoms with E-state index in [0.717, 1.165) is 11.3 Å². The molecule has 0 aliphatic rings. The Morgan fingerprint density at radius 3 is 2.94 bits per heavy atom. The first-order chi connectivity index (χ1) is 8.27. The molecule has 0 spiro atoms. The lowest BCUT2D eigenvalue weighted by atomic mass is 10.2. The SMILES string of the molecule is NC(=S)c1ccccc1NCCc1ncon1. The fourth-order valence-electron chi connectivity index (χ4n) is 1.46. The van der Waals surface area contributed by atoms with E-state index >= 15 is 0 Å². The molecule has 0 saturated heterocycles. The van der Waals surface area contributed by atoms with Crippen LogP contribution in [-0.2, 0) is 6.42 Å². The number of hydrogen-bond acceptors (Lipinski definition) is 5. The minimum atomic E-state index is 0.382. The highest BCUT2D eigenvalue weighted by Crippen LogP contribution is 2.14. The summed E-state index contributed by atoms with van der Waals surface area (Å²) in [6.45, 7) is 0.694. The largest absolute Gasteiger partial charge is 0.389 e. The van der Waals surface area contributed by atoms with Gasteiger partial charge in [-0.2, -0.15) is 4.98 Å². The first-order valence-corrected chi connectivity index (χ1v) is 5.56. The highest BCUT2D eigenvalue weighted by Gasteiger charge is 2.04. The molecule has 0 aliphatic carbocycles. The van der Waals surface area contributed by atoms with E-state index in [0.29, 0.717) is 23.8 Å². The summed E-state index contributed by atoms with van der Waals surface area (Å²) in [6, 6.07) is 7.65. The van der Waals surface area contributed by atoms with Gasteiger partial charge < -0.3 is 15.6 Å². The smallest absolute Gasteiger partial charge is 0.213 e. The average Bonchev–Trinajstić information content (AvgIpc) is 2.82. The third-order valence-corrected chi connectivity index (χ3v) is 2.48. The van der Waals surface area contributed by atoms with Crippen LogP contribution in [0.5, 0.6) is 0 Å². The summed E-state index contributed by atoms with van der Waals surface area (Å²) in [5, 5.41) is 6.97. The van der Waals surface area contributed by atoms with Crippen molar-refractivity contribution in [2.75, 3.05) is 11.9 Å². The number of nitrogens with two attached hydrogens (primary N) is 1. The Morgan fingerprint density at radius 2 is 2.24 bits per heavy atom. The van der Waals surface area contributed by atoms with Crippen LogP contribution < -0.4 is 11.1 Å². The Bertz CT molecular complexity index is 498. The third kappa shape index (κ3) is 3.01. The zero-order valence-electron chi connectivity index (χ0n) is 9.09. The number of nitrogens with zero attached hydrogens (tertiary/aromatic N) is 2. The first-order valence-electron chi connectivity index (χ1n) is 5.15. The molecule has 2 aromatic rings. The maximum absolute atomic E-state index is 5.63. The molecule has 0 amide bonds. The van der Waals surface area contributed by atoms with E-state index in [2.05, 4.69) is 20.0 Å². The molecule has 1 aromatic carbocycles. The fourth-order valence-corrected chi connectivity index (χ4v) is 1.64. The fraction of sp³-hybridized carbons (Fsp3) is 0.182. The molecule has 17 heavy (non-hydrogen) atoms. The lowest BCUT2D eigenvalue weighted by Crippen LogP contribution is -2.14. The monoisotopic (exact) mass is 248 g/mol. The van der Waals surface area contributed by atoms with Gasteiger partial charge in [-0.1, -0.05) is 29.5 Å². The molecule has 88 valence electrons. The number of benzene rings is 1. The van der Waals surface area contributed by atoms with Gasteiger partial charge in [0.15, 0.2) is 5.82 Å². The van der Waals surface area contributed by atoms with E-state index in [9.17, 15) is 0 Å². The van der Waals surface area contributed by atoms with Crippen molar-refractivity contribution in [1.29, 1.82) is 0 Å². The number of thiocarbonyl (C=S) groups is 1. The molecule has 1 heterocycles. The second-order valence-corrected chi connectivity index (χ2v) is 3.87. The van der Waals surface area contributed by atoms with Gasteiger partial charge in [0, 0.05) is 24.2 Å². The Hall–Kier alpha value is -1.95. The van der Waals surface area contributed by atoms with Crippen molar-refractivity contribution in [1.82, 2.24) is 10.1 Å². The van der Waals surface area contributed by atoms with Crippen LogP contribution in [0.3, 0.4) is 0 Å². The van der Waals surface area contributed by atoms with E-state index in [1.165, 1.54) is 6.39 Å². The van der Waals surface area contributed by atoms with Crippen molar-refractivity contribution >= 4 is 22.9 Å². The van der Waals surface area contributed by atoms with Gasteiger partial charge in [-0.15, -0.1) is 0 Å². The second kappa shape index (κ2) is 5.40. The van der Waals surface area contributed by atoms with Gasteiger partial charge in [0.25, 0.3) is 0 Å². The summed E-state index contributed by atoms with van der Waals surface area (Å²) < 4.78 is 4.65. The molecule has 2 rings (SSSR count). The van der Waals surface area contributed by atoms with Crippen LogP contribution in [0.4, 0.5) is 5.69 Å². The number of nitrogens with one attached hydrogen (secondary N) is 1. The molecule has 0 unspecified atom stereocenters. The van der Waals surface area contributed by atoms with E-state index in [1.807, 2.05) is 24.3 Å². The van der Waals surface area contributed by atoms with Gasteiger partial charge in [0.2, 0.25) is 6.39 Å².